The number of hydrogen-bond acceptors (Lipinski definition) is 2. The third-order valence-corrected chi connectivity index (χ3v) is 1.99. The molecule has 18 heavy (non-hydrogen) atoms. The molecule has 2 nitrogen and oxygen atoms in total. The van der Waals surface area contributed by atoms with Gasteiger partial charge in [-0.25, -0.2) is 8.78 Å². The predicted molar refractivity (Wildman–Crippen MR) is 54.3 cm³/mol. The van der Waals surface area contributed by atoms with Crippen molar-refractivity contribution in [2.45, 2.75) is 0 Å². The van der Waals surface area contributed by atoms with Gasteiger partial charge in [0.05, 0.1) is 0 Å². The second-order valence-electron chi connectivity index (χ2n) is 3.19. The molecule has 0 saturated carbocycles. The Labute approximate surface area is 99.3 Å². The van der Waals surface area contributed by atoms with Crippen molar-refractivity contribution in [3.8, 4) is 11.8 Å². The van der Waals surface area contributed by atoms with Crippen LogP contribution in [0.1, 0.15) is 11.1 Å². The zero-order valence-corrected chi connectivity index (χ0v) is 8.72. The van der Waals surface area contributed by atoms with E-state index in [9.17, 15) is 17.6 Å². The largest absolute Gasteiger partial charge is 0.263 e. The van der Waals surface area contributed by atoms with Crippen LogP contribution in [0, 0.1) is 35.4 Å². The van der Waals surface area contributed by atoms with Crippen molar-refractivity contribution in [2.75, 3.05) is 0 Å². The molecule has 0 spiro atoms. The van der Waals surface area contributed by atoms with Crippen LogP contribution in [0.3, 0.4) is 0 Å². The molecule has 0 unspecified atom stereocenters. The van der Waals surface area contributed by atoms with Gasteiger partial charge in [0.25, 0.3) is 11.9 Å². The van der Waals surface area contributed by atoms with Crippen molar-refractivity contribution >= 4 is 0 Å². The summed E-state index contributed by atoms with van der Waals surface area (Å²) in [5, 5.41) is 0. The minimum atomic E-state index is -1.73. The van der Waals surface area contributed by atoms with Crippen molar-refractivity contribution in [2.24, 2.45) is 0 Å². The maximum absolute atomic E-state index is 13.2. The third-order valence-electron chi connectivity index (χ3n) is 1.99. The summed E-state index contributed by atoms with van der Waals surface area (Å²) in [7, 11) is 0. The van der Waals surface area contributed by atoms with Crippen LogP contribution >= 0.6 is 0 Å². The Kier molecular flexibility index (Phi) is 3.24. The quantitative estimate of drug-likeness (QED) is 0.409. The predicted octanol–water partition coefficient (Wildman–Crippen LogP) is 2.43. The molecule has 6 heteroatoms. The minimum Gasteiger partial charge on any atom is -0.263 e. The van der Waals surface area contributed by atoms with Crippen LogP contribution in [0.15, 0.2) is 24.5 Å². The van der Waals surface area contributed by atoms with E-state index in [2.05, 4.69) is 15.9 Å². The van der Waals surface area contributed by atoms with Gasteiger partial charge in [0.2, 0.25) is 0 Å². The lowest BCUT2D eigenvalue weighted by atomic mass is 10.2. The maximum atomic E-state index is 13.2. The average molecular weight is 252 g/mol. The number of rotatable bonds is 0. The average Bonchev–Trinajstić information content (AvgIpc) is 2.38. The van der Waals surface area contributed by atoms with E-state index in [0.29, 0.717) is 5.56 Å². The molecule has 0 N–H and O–H groups in total. The third kappa shape index (κ3) is 2.30. The molecule has 0 atom stereocenters. The Balaban J connectivity index is 2.51. The summed E-state index contributed by atoms with van der Waals surface area (Å²) in [5.41, 5.74) is -0.641. The second-order valence-corrected chi connectivity index (χ2v) is 3.19. The topological polar surface area (TPSA) is 25.8 Å². The van der Waals surface area contributed by atoms with Gasteiger partial charge in [-0.2, -0.15) is 13.8 Å². The molecule has 2 heterocycles. The van der Waals surface area contributed by atoms with E-state index in [1.807, 2.05) is 5.92 Å². The summed E-state index contributed by atoms with van der Waals surface area (Å²) in [6.45, 7) is 0. The lowest BCUT2D eigenvalue weighted by Gasteiger charge is -1.98. The normalized spacial score (nSPS) is 9.78. The summed E-state index contributed by atoms with van der Waals surface area (Å²) in [5.74, 6) is -2.34. The van der Waals surface area contributed by atoms with Crippen molar-refractivity contribution in [3.63, 3.8) is 0 Å². The highest BCUT2D eigenvalue weighted by molar-refractivity contribution is 5.42. The van der Waals surface area contributed by atoms with E-state index in [1.165, 1.54) is 18.5 Å². The van der Waals surface area contributed by atoms with Gasteiger partial charge in [0, 0.05) is 18.0 Å². The molecule has 0 radical (unpaired) electrons. The van der Waals surface area contributed by atoms with Crippen LogP contribution in [0.25, 0.3) is 0 Å². The van der Waals surface area contributed by atoms with E-state index in [0.717, 1.165) is 0 Å². The van der Waals surface area contributed by atoms with Gasteiger partial charge in [-0.3, -0.25) is 4.98 Å². The molecule has 0 aromatic carbocycles. The first-order chi connectivity index (χ1) is 8.59. The van der Waals surface area contributed by atoms with E-state index >= 15 is 0 Å². The first-order valence-electron chi connectivity index (χ1n) is 4.71. The molecule has 0 bridgehead atoms. The second kappa shape index (κ2) is 4.84. The standard InChI is InChI=1S/C12H4F4N2/c13-9-8(10(14)12(16)18-11(9)15)4-3-7-2-1-5-17-6-7/h1-2,5-6H. The fourth-order valence-corrected chi connectivity index (χ4v) is 1.17. The lowest BCUT2D eigenvalue weighted by Crippen LogP contribution is -2.03. The van der Waals surface area contributed by atoms with Crippen LogP contribution in [0.5, 0.6) is 0 Å². The summed E-state index contributed by atoms with van der Waals surface area (Å²) >= 11 is 0. The Bertz CT molecular complexity index is 618. The van der Waals surface area contributed by atoms with Gasteiger partial charge >= 0.3 is 0 Å². The van der Waals surface area contributed by atoms with Gasteiger partial charge in [-0.1, -0.05) is 11.8 Å². The van der Waals surface area contributed by atoms with E-state index in [4.69, 9.17) is 0 Å². The van der Waals surface area contributed by atoms with Gasteiger partial charge in [0.1, 0.15) is 5.56 Å². The minimum absolute atomic E-state index is 0.355. The number of nitrogens with zero attached hydrogens (tertiary/aromatic N) is 2. The highest BCUT2D eigenvalue weighted by atomic mass is 19.2. The fraction of sp³-hybridized carbons (Fsp3) is 0. The molecule has 0 fully saturated rings. The Hall–Kier alpha value is -2.42. The molecule has 0 amide bonds. The van der Waals surface area contributed by atoms with Crippen molar-refractivity contribution < 1.29 is 17.6 Å². The molecule has 0 aliphatic rings. The molecule has 2 aromatic rings. The highest BCUT2D eigenvalue weighted by Gasteiger charge is 2.18. The van der Waals surface area contributed by atoms with Gasteiger partial charge in [-0.15, -0.1) is 0 Å². The molecule has 2 rings (SSSR count). The first kappa shape index (κ1) is 12.0. The van der Waals surface area contributed by atoms with Crippen LogP contribution < -0.4 is 0 Å². The van der Waals surface area contributed by atoms with Crippen molar-refractivity contribution in [3.05, 3.63) is 59.2 Å². The number of pyridine rings is 2. The number of halogens is 4. The van der Waals surface area contributed by atoms with E-state index < -0.39 is 29.1 Å². The molecular weight excluding hydrogens is 248 g/mol. The highest BCUT2D eigenvalue weighted by Crippen LogP contribution is 2.15. The van der Waals surface area contributed by atoms with Crippen LogP contribution in [-0.4, -0.2) is 9.97 Å². The van der Waals surface area contributed by atoms with Crippen molar-refractivity contribution in [1.29, 1.82) is 0 Å². The SMILES string of the molecule is Fc1nc(F)c(F)c(C#Cc2cccnc2)c1F. The Morgan fingerprint density at radius 3 is 2.17 bits per heavy atom. The van der Waals surface area contributed by atoms with Gasteiger partial charge in [-0.05, 0) is 12.1 Å². The van der Waals surface area contributed by atoms with E-state index in [-0.39, 0.29) is 0 Å². The monoisotopic (exact) mass is 252 g/mol. The summed E-state index contributed by atoms with van der Waals surface area (Å²) in [6.07, 6.45) is 2.83. The summed E-state index contributed by atoms with van der Waals surface area (Å²) in [4.78, 5) is 6.15. The smallest absolute Gasteiger partial charge is 0.253 e. The fourth-order valence-electron chi connectivity index (χ4n) is 1.17. The summed E-state index contributed by atoms with van der Waals surface area (Å²) < 4.78 is 51.9. The van der Waals surface area contributed by atoms with Crippen LogP contribution in [0.4, 0.5) is 17.6 Å². The lowest BCUT2D eigenvalue weighted by molar-refractivity contribution is 0.404. The molecule has 0 aliphatic carbocycles. The van der Waals surface area contributed by atoms with Gasteiger partial charge < -0.3 is 0 Å². The first-order valence-corrected chi connectivity index (χ1v) is 4.71. The molecule has 2 aromatic heterocycles. The number of aromatic nitrogens is 2. The zero-order chi connectivity index (χ0) is 13.1. The zero-order valence-electron chi connectivity index (χ0n) is 8.72. The molecule has 0 aliphatic heterocycles. The van der Waals surface area contributed by atoms with E-state index in [1.54, 1.807) is 6.07 Å². The Morgan fingerprint density at radius 1 is 0.944 bits per heavy atom. The number of hydrogen-bond donors (Lipinski definition) is 0. The van der Waals surface area contributed by atoms with Crippen LogP contribution in [0.2, 0.25) is 0 Å². The van der Waals surface area contributed by atoms with Gasteiger partial charge in [0.15, 0.2) is 11.6 Å². The maximum Gasteiger partial charge on any atom is 0.253 e. The molecule has 90 valence electrons. The summed E-state index contributed by atoms with van der Waals surface area (Å²) in [6, 6.07) is 3.09. The Morgan fingerprint density at radius 2 is 1.61 bits per heavy atom. The van der Waals surface area contributed by atoms with Crippen LogP contribution in [-0.2, 0) is 0 Å². The molecule has 0 saturated heterocycles. The van der Waals surface area contributed by atoms with Crippen molar-refractivity contribution in [1.82, 2.24) is 9.97 Å². The molecular formula is C12H4F4N2.